The second kappa shape index (κ2) is 4.34. The van der Waals surface area contributed by atoms with Gasteiger partial charge in [-0.05, 0) is 18.1 Å². The smallest absolute Gasteiger partial charge is 0.112 e. The Kier molecular flexibility index (Phi) is 3.06. The fourth-order valence-corrected chi connectivity index (χ4v) is 1.96. The third-order valence-corrected chi connectivity index (χ3v) is 3.09. The molecule has 1 aromatic heterocycles. The topological polar surface area (TPSA) is 54.7 Å². The summed E-state index contributed by atoms with van der Waals surface area (Å²) in [5.74, 6) is 1.61. The molecule has 2 rings (SSSR count). The van der Waals surface area contributed by atoms with Gasteiger partial charge in [0.25, 0.3) is 0 Å². The molecule has 0 aliphatic carbocycles. The number of aromatic nitrogens is 2. The third kappa shape index (κ3) is 2.14. The fraction of sp³-hybridized carbons (Fsp3) is 0.417. The Morgan fingerprint density at radius 3 is 2.94 bits per heavy atom. The number of rotatable bonds is 3. The van der Waals surface area contributed by atoms with Gasteiger partial charge in [-0.25, -0.2) is 4.98 Å². The molecule has 3 N–H and O–H groups in total. The van der Waals surface area contributed by atoms with Gasteiger partial charge in [0.2, 0.25) is 0 Å². The summed E-state index contributed by atoms with van der Waals surface area (Å²) in [7, 11) is 0. The standard InChI is InChI=1S/C12H16ClN3/c1-3-7(2)4-11-15-10-6-8(13)5-9(14)12(10)16-11/h5-7H,3-4,14H2,1-2H3,(H,15,16). The summed E-state index contributed by atoms with van der Waals surface area (Å²) in [5.41, 5.74) is 8.24. The molecule has 0 aliphatic heterocycles. The molecule has 1 aromatic carbocycles. The molecule has 1 heterocycles. The fourth-order valence-electron chi connectivity index (χ4n) is 1.73. The predicted molar refractivity (Wildman–Crippen MR) is 68.7 cm³/mol. The van der Waals surface area contributed by atoms with Crippen molar-refractivity contribution < 1.29 is 0 Å². The molecule has 0 saturated carbocycles. The average Bonchev–Trinajstić information content (AvgIpc) is 2.60. The number of nitrogens with one attached hydrogen (secondary N) is 1. The van der Waals surface area contributed by atoms with E-state index in [-0.39, 0.29) is 0 Å². The highest BCUT2D eigenvalue weighted by atomic mass is 35.5. The van der Waals surface area contributed by atoms with E-state index in [0.29, 0.717) is 16.6 Å². The molecule has 0 fully saturated rings. The first-order chi connectivity index (χ1) is 7.60. The van der Waals surface area contributed by atoms with Gasteiger partial charge in [-0.2, -0.15) is 0 Å². The molecule has 0 aliphatic rings. The van der Waals surface area contributed by atoms with E-state index in [1.165, 1.54) is 0 Å². The number of hydrogen-bond donors (Lipinski definition) is 2. The SMILES string of the molecule is CCC(C)Cc1nc2c(N)cc(Cl)cc2[nH]1. The Morgan fingerprint density at radius 2 is 2.25 bits per heavy atom. The van der Waals surface area contributed by atoms with Crippen LogP contribution in [0, 0.1) is 5.92 Å². The van der Waals surface area contributed by atoms with Crippen molar-refractivity contribution in [2.75, 3.05) is 5.73 Å². The van der Waals surface area contributed by atoms with E-state index >= 15 is 0 Å². The monoisotopic (exact) mass is 237 g/mol. The number of fused-ring (bicyclic) bond motifs is 1. The van der Waals surface area contributed by atoms with E-state index in [2.05, 4.69) is 23.8 Å². The normalized spacial score (nSPS) is 13.2. The van der Waals surface area contributed by atoms with Crippen LogP contribution in [-0.2, 0) is 6.42 Å². The number of imidazole rings is 1. The van der Waals surface area contributed by atoms with E-state index in [9.17, 15) is 0 Å². The Balaban J connectivity index is 2.40. The zero-order valence-corrected chi connectivity index (χ0v) is 10.3. The lowest BCUT2D eigenvalue weighted by Gasteiger charge is -2.03. The minimum Gasteiger partial charge on any atom is -0.397 e. The van der Waals surface area contributed by atoms with Crippen molar-refractivity contribution in [3.8, 4) is 0 Å². The maximum Gasteiger partial charge on any atom is 0.112 e. The molecule has 3 nitrogen and oxygen atoms in total. The van der Waals surface area contributed by atoms with Crippen LogP contribution in [0.1, 0.15) is 26.1 Å². The Morgan fingerprint density at radius 1 is 1.50 bits per heavy atom. The maximum atomic E-state index is 5.94. The van der Waals surface area contributed by atoms with Gasteiger partial charge in [-0.1, -0.05) is 31.9 Å². The first-order valence-electron chi connectivity index (χ1n) is 5.53. The maximum absolute atomic E-state index is 5.94. The second-order valence-corrected chi connectivity index (χ2v) is 4.73. The Hall–Kier alpha value is -1.22. The van der Waals surface area contributed by atoms with Crippen molar-refractivity contribution >= 4 is 28.3 Å². The molecule has 1 unspecified atom stereocenters. The van der Waals surface area contributed by atoms with E-state index in [4.69, 9.17) is 17.3 Å². The number of anilines is 1. The molecule has 0 spiro atoms. The van der Waals surface area contributed by atoms with Gasteiger partial charge in [0.05, 0.1) is 11.2 Å². The predicted octanol–water partition coefficient (Wildman–Crippen LogP) is 3.39. The number of hydrogen-bond acceptors (Lipinski definition) is 2. The van der Waals surface area contributed by atoms with E-state index in [0.717, 1.165) is 29.7 Å². The number of aromatic amines is 1. The summed E-state index contributed by atoms with van der Waals surface area (Å²) in [6.07, 6.45) is 2.09. The number of nitrogens with zero attached hydrogens (tertiary/aromatic N) is 1. The molecular formula is C12H16ClN3. The second-order valence-electron chi connectivity index (χ2n) is 4.29. The van der Waals surface area contributed by atoms with E-state index in [1.807, 2.05) is 6.07 Å². The molecular weight excluding hydrogens is 222 g/mol. The molecule has 1 atom stereocenters. The molecule has 2 aromatic rings. The minimum absolute atomic E-state index is 0.622. The highest BCUT2D eigenvalue weighted by molar-refractivity contribution is 6.31. The van der Waals surface area contributed by atoms with Gasteiger partial charge in [0.1, 0.15) is 11.3 Å². The summed E-state index contributed by atoms with van der Waals surface area (Å²) in [5, 5.41) is 0.642. The summed E-state index contributed by atoms with van der Waals surface area (Å²) in [6.45, 7) is 4.39. The first kappa shape index (κ1) is 11.3. The van der Waals surface area contributed by atoms with Gasteiger partial charge in [0, 0.05) is 11.4 Å². The van der Waals surface area contributed by atoms with Gasteiger partial charge in [-0.15, -0.1) is 0 Å². The lowest BCUT2D eigenvalue weighted by molar-refractivity contribution is 0.547. The highest BCUT2D eigenvalue weighted by Crippen LogP contribution is 2.24. The van der Waals surface area contributed by atoms with Crippen molar-refractivity contribution in [2.45, 2.75) is 26.7 Å². The third-order valence-electron chi connectivity index (χ3n) is 2.87. The van der Waals surface area contributed by atoms with Crippen LogP contribution in [0.3, 0.4) is 0 Å². The molecule has 0 amide bonds. The Bertz CT molecular complexity index is 504. The molecule has 86 valence electrons. The van der Waals surface area contributed by atoms with E-state index < -0.39 is 0 Å². The highest BCUT2D eigenvalue weighted by Gasteiger charge is 2.09. The van der Waals surface area contributed by atoms with Crippen LogP contribution in [0.15, 0.2) is 12.1 Å². The summed E-state index contributed by atoms with van der Waals surface area (Å²) in [4.78, 5) is 7.77. The van der Waals surface area contributed by atoms with Crippen LogP contribution in [0.2, 0.25) is 5.02 Å². The lowest BCUT2D eigenvalue weighted by Crippen LogP contribution is -1.99. The van der Waals surface area contributed by atoms with Gasteiger partial charge >= 0.3 is 0 Å². The van der Waals surface area contributed by atoms with Crippen LogP contribution >= 0.6 is 11.6 Å². The number of benzene rings is 1. The van der Waals surface area contributed by atoms with Crippen molar-refractivity contribution in [2.24, 2.45) is 5.92 Å². The van der Waals surface area contributed by atoms with Crippen LogP contribution in [0.25, 0.3) is 11.0 Å². The van der Waals surface area contributed by atoms with Crippen LogP contribution in [0.4, 0.5) is 5.69 Å². The average molecular weight is 238 g/mol. The largest absolute Gasteiger partial charge is 0.397 e. The molecule has 0 saturated heterocycles. The number of nitrogen functional groups attached to an aromatic ring is 1. The first-order valence-corrected chi connectivity index (χ1v) is 5.91. The van der Waals surface area contributed by atoms with Gasteiger partial charge in [-0.3, -0.25) is 0 Å². The van der Waals surface area contributed by atoms with Crippen molar-refractivity contribution in [3.05, 3.63) is 23.0 Å². The quantitative estimate of drug-likeness (QED) is 0.804. The van der Waals surface area contributed by atoms with Crippen molar-refractivity contribution in [1.29, 1.82) is 0 Å². The molecule has 16 heavy (non-hydrogen) atoms. The zero-order valence-electron chi connectivity index (χ0n) is 9.55. The van der Waals surface area contributed by atoms with Crippen molar-refractivity contribution in [3.63, 3.8) is 0 Å². The summed E-state index contributed by atoms with van der Waals surface area (Å²) < 4.78 is 0. The number of H-pyrrole nitrogens is 1. The summed E-state index contributed by atoms with van der Waals surface area (Å²) in [6, 6.07) is 3.60. The van der Waals surface area contributed by atoms with Crippen LogP contribution in [-0.4, -0.2) is 9.97 Å². The molecule has 0 radical (unpaired) electrons. The van der Waals surface area contributed by atoms with Gasteiger partial charge < -0.3 is 10.7 Å². The summed E-state index contributed by atoms with van der Waals surface area (Å²) >= 11 is 5.94. The lowest BCUT2D eigenvalue weighted by atomic mass is 10.1. The Labute approximate surface area is 100 Å². The molecule has 4 heteroatoms. The van der Waals surface area contributed by atoms with E-state index in [1.54, 1.807) is 6.07 Å². The molecule has 0 bridgehead atoms. The number of nitrogens with two attached hydrogens (primary N) is 1. The van der Waals surface area contributed by atoms with Crippen LogP contribution < -0.4 is 5.73 Å². The van der Waals surface area contributed by atoms with Crippen LogP contribution in [0.5, 0.6) is 0 Å². The number of halogens is 1. The zero-order chi connectivity index (χ0) is 11.7. The van der Waals surface area contributed by atoms with Crippen molar-refractivity contribution in [1.82, 2.24) is 9.97 Å². The van der Waals surface area contributed by atoms with Gasteiger partial charge in [0.15, 0.2) is 0 Å². The minimum atomic E-state index is 0.622.